The van der Waals surface area contributed by atoms with E-state index >= 15 is 0 Å². The summed E-state index contributed by atoms with van der Waals surface area (Å²) in [5, 5.41) is 4.14. The summed E-state index contributed by atoms with van der Waals surface area (Å²) in [6, 6.07) is 8.50. The Balaban J connectivity index is 2.59. The van der Waals surface area contributed by atoms with Gasteiger partial charge in [-0.1, -0.05) is 42.8 Å². The molecule has 0 saturated carbocycles. The zero-order valence-corrected chi connectivity index (χ0v) is 10.8. The maximum absolute atomic E-state index is 5.97. The van der Waals surface area contributed by atoms with Crippen molar-refractivity contribution >= 4 is 11.6 Å². The van der Waals surface area contributed by atoms with Crippen LogP contribution in [0.15, 0.2) is 36.4 Å². The molecule has 1 unspecified atom stereocenters. The number of rotatable bonds is 6. The van der Waals surface area contributed by atoms with Gasteiger partial charge in [0.05, 0.1) is 0 Å². The van der Waals surface area contributed by atoms with Crippen LogP contribution in [-0.4, -0.2) is 13.1 Å². The van der Waals surface area contributed by atoms with Gasteiger partial charge in [0, 0.05) is 11.1 Å². The van der Waals surface area contributed by atoms with E-state index < -0.39 is 0 Å². The van der Waals surface area contributed by atoms with Gasteiger partial charge in [-0.05, 0) is 44.0 Å². The summed E-state index contributed by atoms with van der Waals surface area (Å²) in [5.74, 6) is 0. The van der Waals surface area contributed by atoms with Gasteiger partial charge in [-0.2, -0.15) is 0 Å². The Morgan fingerprint density at radius 3 is 2.81 bits per heavy atom. The molecule has 1 aromatic rings. The van der Waals surface area contributed by atoms with Crippen molar-refractivity contribution in [1.29, 1.82) is 0 Å². The number of benzene rings is 1. The van der Waals surface area contributed by atoms with Gasteiger partial charge in [0.2, 0.25) is 0 Å². The average molecular weight is 238 g/mol. The van der Waals surface area contributed by atoms with Crippen molar-refractivity contribution in [2.45, 2.75) is 32.2 Å². The van der Waals surface area contributed by atoms with E-state index in [9.17, 15) is 0 Å². The van der Waals surface area contributed by atoms with E-state index in [2.05, 4.69) is 24.9 Å². The molecule has 0 saturated heterocycles. The van der Waals surface area contributed by atoms with Crippen LogP contribution in [0, 0.1) is 0 Å². The Bertz CT molecular complexity index is 346. The van der Waals surface area contributed by atoms with Gasteiger partial charge in [0.15, 0.2) is 0 Å². The first-order chi connectivity index (χ1) is 7.65. The van der Waals surface area contributed by atoms with Crippen LogP contribution < -0.4 is 5.32 Å². The average Bonchev–Trinajstić information content (AvgIpc) is 2.28. The van der Waals surface area contributed by atoms with Crippen molar-refractivity contribution in [2.75, 3.05) is 7.05 Å². The van der Waals surface area contributed by atoms with Gasteiger partial charge in [-0.3, -0.25) is 0 Å². The minimum atomic E-state index is 0.450. The van der Waals surface area contributed by atoms with E-state index in [1.54, 1.807) is 0 Å². The molecule has 0 heterocycles. The molecule has 1 atom stereocenters. The van der Waals surface area contributed by atoms with Gasteiger partial charge in [0.25, 0.3) is 0 Å². The monoisotopic (exact) mass is 237 g/mol. The van der Waals surface area contributed by atoms with Crippen LogP contribution >= 0.6 is 11.6 Å². The van der Waals surface area contributed by atoms with Crippen LogP contribution in [0.4, 0.5) is 0 Å². The molecule has 2 heteroatoms. The second-order valence-electron chi connectivity index (χ2n) is 4.13. The first-order valence-corrected chi connectivity index (χ1v) is 6.11. The summed E-state index contributed by atoms with van der Waals surface area (Å²) in [7, 11) is 2.00. The van der Waals surface area contributed by atoms with Crippen molar-refractivity contribution in [3.05, 3.63) is 47.0 Å². The first-order valence-electron chi connectivity index (χ1n) is 5.74. The number of hydrogen-bond donors (Lipinski definition) is 1. The smallest absolute Gasteiger partial charge is 0.0408 e. The second-order valence-corrected chi connectivity index (χ2v) is 4.56. The van der Waals surface area contributed by atoms with Crippen LogP contribution in [0.1, 0.15) is 25.3 Å². The lowest BCUT2D eigenvalue weighted by molar-refractivity contribution is 0.549. The highest BCUT2D eigenvalue weighted by atomic mass is 35.5. The Morgan fingerprint density at radius 1 is 1.50 bits per heavy atom. The molecule has 0 bridgehead atoms. The Kier molecular flexibility index (Phi) is 5.58. The third kappa shape index (κ3) is 4.38. The summed E-state index contributed by atoms with van der Waals surface area (Å²) in [5.41, 5.74) is 2.57. The van der Waals surface area contributed by atoms with Crippen LogP contribution in [0.3, 0.4) is 0 Å². The highest BCUT2D eigenvalue weighted by Crippen LogP contribution is 2.15. The highest BCUT2D eigenvalue weighted by molar-refractivity contribution is 6.30. The molecule has 0 spiro atoms. The molecule has 0 aliphatic rings. The largest absolute Gasteiger partial charge is 0.316 e. The Hall–Kier alpha value is -0.790. The van der Waals surface area contributed by atoms with E-state index in [0.29, 0.717) is 6.04 Å². The summed E-state index contributed by atoms with van der Waals surface area (Å²) in [6.45, 7) is 6.20. The fourth-order valence-corrected chi connectivity index (χ4v) is 1.93. The molecule has 0 amide bonds. The number of nitrogens with one attached hydrogen (secondary N) is 1. The molecule has 0 aliphatic heterocycles. The SMILES string of the molecule is C=C(CC)CC(Cc1cccc(Cl)c1)NC. The molecule has 0 aliphatic carbocycles. The van der Waals surface area contributed by atoms with Crippen LogP contribution in [0.5, 0.6) is 0 Å². The summed E-state index contributed by atoms with van der Waals surface area (Å²) >= 11 is 5.97. The lowest BCUT2D eigenvalue weighted by Gasteiger charge is -2.17. The standard InChI is InChI=1S/C14H20ClN/c1-4-11(2)8-14(16-3)10-12-6-5-7-13(15)9-12/h5-7,9,14,16H,2,4,8,10H2,1,3H3. The van der Waals surface area contributed by atoms with Crippen molar-refractivity contribution in [2.24, 2.45) is 0 Å². The Morgan fingerprint density at radius 2 is 2.25 bits per heavy atom. The number of halogens is 1. The van der Waals surface area contributed by atoms with Gasteiger partial charge in [-0.15, -0.1) is 0 Å². The third-order valence-electron chi connectivity index (χ3n) is 2.81. The molecule has 1 nitrogen and oxygen atoms in total. The minimum absolute atomic E-state index is 0.450. The van der Waals surface area contributed by atoms with Crippen molar-refractivity contribution in [1.82, 2.24) is 5.32 Å². The fraction of sp³-hybridized carbons (Fsp3) is 0.429. The molecular weight excluding hydrogens is 218 g/mol. The summed E-state index contributed by atoms with van der Waals surface area (Å²) in [4.78, 5) is 0. The predicted molar refractivity (Wildman–Crippen MR) is 72.1 cm³/mol. The molecule has 0 aromatic heterocycles. The zero-order valence-electron chi connectivity index (χ0n) is 10.1. The van der Waals surface area contributed by atoms with Crippen LogP contribution in [0.25, 0.3) is 0 Å². The first kappa shape index (κ1) is 13.3. The van der Waals surface area contributed by atoms with Crippen molar-refractivity contribution in [3.8, 4) is 0 Å². The van der Waals surface area contributed by atoms with Gasteiger partial charge in [-0.25, -0.2) is 0 Å². The molecule has 1 aromatic carbocycles. The maximum Gasteiger partial charge on any atom is 0.0408 e. The molecule has 88 valence electrons. The maximum atomic E-state index is 5.97. The van der Waals surface area contributed by atoms with Gasteiger partial charge < -0.3 is 5.32 Å². The number of hydrogen-bond acceptors (Lipinski definition) is 1. The molecule has 0 radical (unpaired) electrons. The highest BCUT2D eigenvalue weighted by Gasteiger charge is 2.08. The van der Waals surface area contributed by atoms with Gasteiger partial charge in [0.1, 0.15) is 0 Å². The van der Waals surface area contributed by atoms with Gasteiger partial charge >= 0.3 is 0 Å². The topological polar surface area (TPSA) is 12.0 Å². The number of likely N-dealkylation sites (N-methyl/N-ethyl adjacent to an activating group) is 1. The van der Waals surface area contributed by atoms with Crippen molar-refractivity contribution < 1.29 is 0 Å². The molecule has 1 rings (SSSR count). The fourth-order valence-electron chi connectivity index (χ4n) is 1.72. The lowest BCUT2D eigenvalue weighted by atomic mass is 9.99. The lowest BCUT2D eigenvalue weighted by Crippen LogP contribution is -2.27. The minimum Gasteiger partial charge on any atom is -0.316 e. The quantitative estimate of drug-likeness (QED) is 0.742. The summed E-state index contributed by atoms with van der Waals surface area (Å²) in [6.07, 6.45) is 3.07. The molecular formula is C14H20ClN. The zero-order chi connectivity index (χ0) is 12.0. The Labute approximate surface area is 104 Å². The molecule has 0 fully saturated rings. The molecule has 16 heavy (non-hydrogen) atoms. The van der Waals surface area contributed by atoms with E-state index in [-0.39, 0.29) is 0 Å². The second kappa shape index (κ2) is 6.72. The molecule has 1 N–H and O–H groups in total. The van der Waals surface area contributed by atoms with Crippen molar-refractivity contribution in [3.63, 3.8) is 0 Å². The van der Waals surface area contributed by atoms with E-state index in [1.165, 1.54) is 11.1 Å². The van der Waals surface area contributed by atoms with E-state index in [1.807, 2.05) is 25.2 Å². The summed E-state index contributed by atoms with van der Waals surface area (Å²) < 4.78 is 0. The van der Waals surface area contributed by atoms with Crippen LogP contribution in [0.2, 0.25) is 5.02 Å². The van der Waals surface area contributed by atoms with E-state index in [0.717, 1.165) is 24.3 Å². The van der Waals surface area contributed by atoms with Crippen LogP contribution in [-0.2, 0) is 6.42 Å². The predicted octanol–water partition coefficient (Wildman–Crippen LogP) is 3.83. The third-order valence-corrected chi connectivity index (χ3v) is 3.05. The van der Waals surface area contributed by atoms with E-state index in [4.69, 9.17) is 11.6 Å². The normalized spacial score (nSPS) is 12.4.